The Morgan fingerprint density at radius 1 is 1.12 bits per heavy atom. The van der Waals surface area contributed by atoms with Crippen molar-refractivity contribution in [2.24, 2.45) is 23.2 Å². The van der Waals surface area contributed by atoms with Crippen LogP contribution in [0.3, 0.4) is 0 Å². The number of carbonyl (C=O) groups is 2. The molecule has 4 aliphatic rings. The van der Waals surface area contributed by atoms with E-state index in [0.29, 0.717) is 22.8 Å². The van der Waals surface area contributed by atoms with Gasteiger partial charge < -0.3 is 10.1 Å². The predicted octanol–water partition coefficient (Wildman–Crippen LogP) is 4.28. The van der Waals surface area contributed by atoms with Gasteiger partial charge in [0.25, 0.3) is 5.91 Å². The van der Waals surface area contributed by atoms with Crippen LogP contribution in [0.4, 0.5) is 0 Å². The summed E-state index contributed by atoms with van der Waals surface area (Å²) in [5.41, 5.74) is 0.659. The second kappa shape index (κ2) is 6.88. The van der Waals surface area contributed by atoms with Gasteiger partial charge in [-0.3, -0.25) is 9.59 Å². The molecule has 1 aromatic rings. The molecule has 0 heterocycles. The Morgan fingerprint density at radius 2 is 1.65 bits per heavy atom. The third kappa shape index (κ3) is 3.48. The number of amides is 1. The first-order valence-electron chi connectivity index (χ1n) is 9.65. The molecule has 140 valence electrons. The van der Waals surface area contributed by atoms with Crippen LogP contribution in [0, 0.1) is 23.2 Å². The summed E-state index contributed by atoms with van der Waals surface area (Å²) in [7, 11) is 0. The number of hydrogen-bond donors (Lipinski definition) is 1. The summed E-state index contributed by atoms with van der Waals surface area (Å²) in [4.78, 5) is 25.0. The molecule has 4 fully saturated rings. The zero-order chi connectivity index (χ0) is 18.3. The highest BCUT2D eigenvalue weighted by Gasteiger charge is 2.55. The molecule has 1 N–H and O–H groups in total. The van der Waals surface area contributed by atoms with Gasteiger partial charge in [-0.2, -0.15) is 0 Å². The summed E-state index contributed by atoms with van der Waals surface area (Å²) in [6.07, 6.45) is 6.73. The Bertz CT molecular complexity index is 664. The molecule has 0 unspecified atom stereocenters. The summed E-state index contributed by atoms with van der Waals surface area (Å²) in [5, 5.41) is 3.55. The minimum Gasteiger partial charge on any atom is -0.455 e. The molecule has 4 bridgehead atoms. The van der Waals surface area contributed by atoms with Crippen molar-refractivity contribution in [3.8, 4) is 0 Å². The normalized spacial score (nSPS) is 32.9. The van der Waals surface area contributed by atoms with Gasteiger partial charge in [0.05, 0.1) is 11.5 Å². The summed E-state index contributed by atoms with van der Waals surface area (Å²) >= 11 is 5.89. The van der Waals surface area contributed by atoms with Gasteiger partial charge in [0, 0.05) is 5.02 Å². The number of carbonyl (C=O) groups excluding carboxylic acids is 2. The molecular formula is C21H26ClNO3. The lowest BCUT2D eigenvalue weighted by Gasteiger charge is -2.55. The smallest absolute Gasteiger partial charge is 0.312 e. The van der Waals surface area contributed by atoms with E-state index in [-0.39, 0.29) is 29.9 Å². The first-order chi connectivity index (χ1) is 12.4. The van der Waals surface area contributed by atoms with E-state index in [1.807, 2.05) is 19.1 Å². The molecule has 0 aliphatic heterocycles. The minimum absolute atomic E-state index is 0.147. The summed E-state index contributed by atoms with van der Waals surface area (Å²) in [6.45, 7) is 1.71. The van der Waals surface area contributed by atoms with Crippen molar-refractivity contribution >= 4 is 23.5 Å². The van der Waals surface area contributed by atoms with Crippen LogP contribution in [-0.4, -0.2) is 18.5 Å². The van der Waals surface area contributed by atoms with E-state index < -0.39 is 0 Å². The molecule has 0 spiro atoms. The third-order valence-corrected chi connectivity index (χ3v) is 6.81. The minimum atomic E-state index is -0.309. The lowest BCUT2D eigenvalue weighted by atomic mass is 9.49. The second-order valence-corrected chi connectivity index (χ2v) is 9.05. The highest BCUT2D eigenvalue weighted by molar-refractivity contribution is 6.30. The number of nitrogens with one attached hydrogen (secondary N) is 1. The highest BCUT2D eigenvalue weighted by Crippen LogP contribution is 2.60. The van der Waals surface area contributed by atoms with Crippen molar-refractivity contribution in [1.82, 2.24) is 5.32 Å². The molecule has 4 nitrogen and oxygen atoms in total. The SMILES string of the molecule is C[C@H](NC(=O)COC(=O)C12CC3CC(CC(C3)C1)C2)c1ccc(Cl)cc1. The largest absolute Gasteiger partial charge is 0.455 e. The van der Waals surface area contributed by atoms with Crippen molar-refractivity contribution in [1.29, 1.82) is 0 Å². The van der Waals surface area contributed by atoms with Gasteiger partial charge in [-0.1, -0.05) is 23.7 Å². The average Bonchev–Trinajstić information content (AvgIpc) is 2.59. The maximum absolute atomic E-state index is 12.8. The van der Waals surface area contributed by atoms with Gasteiger partial charge in [-0.05, 0) is 80.9 Å². The Morgan fingerprint density at radius 3 is 2.19 bits per heavy atom. The Hall–Kier alpha value is -1.55. The molecule has 1 amide bonds. The number of benzene rings is 1. The van der Waals surface area contributed by atoms with Crippen LogP contribution in [0.2, 0.25) is 5.02 Å². The molecule has 0 saturated heterocycles. The number of rotatable bonds is 5. The summed E-state index contributed by atoms with van der Waals surface area (Å²) in [5.74, 6) is 1.66. The Kier molecular flexibility index (Phi) is 4.72. The quantitative estimate of drug-likeness (QED) is 0.781. The van der Waals surface area contributed by atoms with E-state index in [0.717, 1.165) is 24.8 Å². The van der Waals surface area contributed by atoms with Crippen LogP contribution in [0.5, 0.6) is 0 Å². The van der Waals surface area contributed by atoms with Crippen LogP contribution in [0.15, 0.2) is 24.3 Å². The standard InChI is InChI=1S/C21H26ClNO3/c1-13(17-2-4-18(22)5-3-17)23-19(24)12-26-20(25)21-9-14-6-15(10-21)8-16(7-14)11-21/h2-5,13-16H,6-12H2,1H3,(H,23,24)/t13-,14?,15?,16?,21?/m0/s1. The zero-order valence-corrected chi connectivity index (χ0v) is 15.9. The number of esters is 1. The van der Waals surface area contributed by atoms with Crippen LogP contribution in [-0.2, 0) is 14.3 Å². The fourth-order valence-electron chi connectivity index (χ4n) is 5.76. The molecule has 4 aliphatic carbocycles. The monoisotopic (exact) mass is 375 g/mol. The average molecular weight is 376 g/mol. The molecule has 5 heteroatoms. The van der Waals surface area contributed by atoms with Crippen molar-refractivity contribution in [2.75, 3.05) is 6.61 Å². The maximum atomic E-state index is 12.8. The fraction of sp³-hybridized carbons (Fsp3) is 0.619. The first-order valence-corrected chi connectivity index (χ1v) is 10.0. The molecule has 0 aromatic heterocycles. The van der Waals surface area contributed by atoms with E-state index in [9.17, 15) is 9.59 Å². The molecule has 5 rings (SSSR count). The lowest BCUT2D eigenvalue weighted by molar-refractivity contribution is -0.173. The lowest BCUT2D eigenvalue weighted by Crippen LogP contribution is -2.51. The zero-order valence-electron chi connectivity index (χ0n) is 15.2. The van der Waals surface area contributed by atoms with Gasteiger partial charge in [0.15, 0.2) is 6.61 Å². The molecular weight excluding hydrogens is 350 g/mol. The van der Waals surface area contributed by atoms with E-state index in [4.69, 9.17) is 16.3 Å². The molecule has 4 saturated carbocycles. The summed E-state index contributed by atoms with van der Waals surface area (Å²) in [6, 6.07) is 7.21. The highest BCUT2D eigenvalue weighted by atomic mass is 35.5. The van der Waals surface area contributed by atoms with Crippen LogP contribution in [0.1, 0.15) is 57.1 Å². The summed E-state index contributed by atoms with van der Waals surface area (Å²) < 4.78 is 5.47. The number of ether oxygens (including phenoxy) is 1. The maximum Gasteiger partial charge on any atom is 0.312 e. The van der Waals surface area contributed by atoms with Gasteiger partial charge in [-0.15, -0.1) is 0 Å². The molecule has 26 heavy (non-hydrogen) atoms. The number of hydrogen-bond acceptors (Lipinski definition) is 3. The van der Waals surface area contributed by atoms with E-state index >= 15 is 0 Å². The van der Waals surface area contributed by atoms with Gasteiger partial charge >= 0.3 is 5.97 Å². The third-order valence-electron chi connectivity index (χ3n) is 6.55. The van der Waals surface area contributed by atoms with Crippen LogP contribution in [0.25, 0.3) is 0 Å². The Balaban J connectivity index is 1.30. The van der Waals surface area contributed by atoms with Gasteiger partial charge in [-0.25, -0.2) is 0 Å². The topological polar surface area (TPSA) is 55.4 Å². The van der Waals surface area contributed by atoms with Crippen LogP contribution >= 0.6 is 11.6 Å². The first kappa shape index (κ1) is 17.8. The molecule has 1 atom stereocenters. The Labute approximate surface area is 159 Å². The van der Waals surface area contributed by atoms with Crippen molar-refractivity contribution in [3.63, 3.8) is 0 Å². The van der Waals surface area contributed by atoms with Gasteiger partial charge in [0.2, 0.25) is 0 Å². The van der Waals surface area contributed by atoms with Crippen molar-refractivity contribution in [2.45, 2.75) is 51.5 Å². The molecule has 1 aromatic carbocycles. The second-order valence-electron chi connectivity index (χ2n) is 8.61. The van der Waals surface area contributed by atoms with Crippen molar-refractivity contribution < 1.29 is 14.3 Å². The van der Waals surface area contributed by atoms with Crippen molar-refractivity contribution in [3.05, 3.63) is 34.9 Å². The van der Waals surface area contributed by atoms with Gasteiger partial charge in [0.1, 0.15) is 0 Å². The van der Waals surface area contributed by atoms with E-state index in [2.05, 4.69) is 5.32 Å². The van der Waals surface area contributed by atoms with Crippen LogP contribution < -0.4 is 5.32 Å². The van der Waals surface area contributed by atoms with E-state index in [1.54, 1.807) is 12.1 Å². The fourth-order valence-corrected chi connectivity index (χ4v) is 5.89. The molecule has 0 radical (unpaired) electrons. The van der Waals surface area contributed by atoms with E-state index in [1.165, 1.54) is 19.3 Å². The predicted molar refractivity (Wildman–Crippen MR) is 99.6 cm³/mol. The number of halogens is 1.